The molecule has 0 N–H and O–H groups in total. The van der Waals surface area contributed by atoms with Crippen molar-refractivity contribution in [3.05, 3.63) is 35.6 Å². The maximum Gasteiger partial charge on any atom is 0.254 e. The molecule has 2 rings (SSSR count). The minimum Gasteiger partial charge on any atom is -0.334 e. The maximum atomic E-state index is 13.1. The number of amides is 1. The van der Waals surface area contributed by atoms with E-state index >= 15 is 0 Å². The number of hydrogen-bond acceptors (Lipinski definition) is 1. The molecule has 92 valence electrons. The van der Waals surface area contributed by atoms with Gasteiger partial charge in [-0.05, 0) is 30.5 Å². The molecule has 0 saturated carbocycles. The second kappa shape index (κ2) is 5.05. The second-order valence-electron chi connectivity index (χ2n) is 4.50. The van der Waals surface area contributed by atoms with Crippen LogP contribution in [0.4, 0.5) is 4.39 Å². The molecule has 1 aromatic rings. The first-order chi connectivity index (χ1) is 8.13. The first-order valence-electron chi connectivity index (χ1n) is 5.76. The number of hydrogen-bond donors (Lipinski definition) is 0. The molecule has 1 aliphatic heterocycles. The molecule has 0 spiro atoms. The van der Waals surface area contributed by atoms with Crippen molar-refractivity contribution in [3.63, 3.8) is 0 Å². The van der Waals surface area contributed by atoms with Gasteiger partial charge in [0.1, 0.15) is 5.82 Å². The van der Waals surface area contributed by atoms with Crippen LogP contribution >= 0.6 is 11.6 Å². The summed E-state index contributed by atoms with van der Waals surface area (Å²) < 4.78 is 13.1. The van der Waals surface area contributed by atoms with Gasteiger partial charge in [-0.2, -0.15) is 0 Å². The predicted molar refractivity (Wildman–Crippen MR) is 65.7 cm³/mol. The minimum absolute atomic E-state index is 0.0624. The number of carbonyl (C=O) groups excluding carboxylic acids is 1. The number of alkyl halides is 1. The van der Waals surface area contributed by atoms with Crippen molar-refractivity contribution in [2.45, 2.75) is 19.4 Å². The van der Waals surface area contributed by atoms with Gasteiger partial charge in [-0.1, -0.05) is 13.0 Å². The fourth-order valence-corrected chi connectivity index (χ4v) is 2.75. The molecule has 1 amide bonds. The normalized spacial score (nSPS) is 24.1. The number of benzene rings is 1. The third kappa shape index (κ3) is 2.44. The highest BCUT2D eigenvalue weighted by atomic mass is 35.5. The van der Waals surface area contributed by atoms with E-state index in [0.717, 1.165) is 6.42 Å². The molecule has 1 fully saturated rings. The Morgan fingerprint density at radius 2 is 2.35 bits per heavy atom. The molecular weight excluding hydrogens is 241 g/mol. The molecule has 1 heterocycles. The van der Waals surface area contributed by atoms with E-state index in [-0.39, 0.29) is 17.8 Å². The Balaban J connectivity index is 2.20. The second-order valence-corrected chi connectivity index (χ2v) is 4.81. The minimum atomic E-state index is -0.384. The number of halogens is 2. The van der Waals surface area contributed by atoms with Crippen LogP contribution in [0.1, 0.15) is 23.7 Å². The maximum absolute atomic E-state index is 13.1. The molecule has 2 unspecified atom stereocenters. The first-order valence-corrected chi connectivity index (χ1v) is 6.29. The van der Waals surface area contributed by atoms with Crippen molar-refractivity contribution >= 4 is 17.5 Å². The third-order valence-electron chi connectivity index (χ3n) is 3.37. The van der Waals surface area contributed by atoms with Crippen molar-refractivity contribution in [2.75, 3.05) is 12.4 Å². The summed E-state index contributed by atoms with van der Waals surface area (Å²) >= 11 is 5.89. The summed E-state index contributed by atoms with van der Waals surface area (Å²) in [5, 5.41) is 0. The lowest BCUT2D eigenvalue weighted by atomic mass is 10.0. The molecule has 0 bridgehead atoms. The van der Waals surface area contributed by atoms with E-state index < -0.39 is 0 Å². The van der Waals surface area contributed by atoms with Crippen molar-refractivity contribution in [1.82, 2.24) is 4.90 Å². The topological polar surface area (TPSA) is 20.3 Å². The van der Waals surface area contributed by atoms with Gasteiger partial charge in [0.2, 0.25) is 0 Å². The van der Waals surface area contributed by atoms with Gasteiger partial charge < -0.3 is 4.90 Å². The lowest BCUT2D eigenvalue weighted by Crippen LogP contribution is -2.38. The summed E-state index contributed by atoms with van der Waals surface area (Å²) in [4.78, 5) is 14.0. The standard InChI is InChI=1S/C13H15ClFNO/c1-9-5-6-16(12(9)8-14)13(17)10-3-2-4-11(15)7-10/h2-4,7,9,12H,5-6,8H2,1H3. The van der Waals surface area contributed by atoms with Gasteiger partial charge in [-0.15, -0.1) is 11.6 Å². The summed E-state index contributed by atoms with van der Waals surface area (Å²) in [5.74, 6) is 0.331. The number of likely N-dealkylation sites (tertiary alicyclic amines) is 1. The quantitative estimate of drug-likeness (QED) is 0.744. The van der Waals surface area contributed by atoms with Crippen LogP contribution in [0.25, 0.3) is 0 Å². The van der Waals surface area contributed by atoms with Gasteiger partial charge in [-0.25, -0.2) is 4.39 Å². The van der Waals surface area contributed by atoms with Crippen LogP contribution in [0.2, 0.25) is 0 Å². The van der Waals surface area contributed by atoms with E-state index in [1.807, 2.05) is 0 Å². The Kier molecular flexibility index (Phi) is 3.67. The lowest BCUT2D eigenvalue weighted by Gasteiger charge is -2.25. The molecule has 0 aromatic heterocycles. The summed E-state index contributed by atoms with van der Waals surface area (Å²) in [6.07, 6.45) is 0.957. The monoisotopic (exact) mass is 255 g/mol. The summed E-state index contributed by atoms with van der Waals surface area (Å²) in [7, 11) is 0. The molecule has 0 radical (unpaired) electrons. The third-order valence-corrected chi connectivity index (χ3v) is 3.69. The summed E-state index contributed by atoms with van der Waals surface area (Å²) in [6, 6.07) is 5.86. The highest BCUT2D eigenvalue weighted by molar-refractivity contribution is 6.18. The zero-order valence-electron chi connectivity index (χ0n) is 9.70. The zero-order chi connectivity index (χ0) is 12.4. The van der Waals surface area contributed by atoms with Gasteiger partial charge in [0.05, 0.1) is 0 Å². The SMILES string of the molecule is CC1CCN(C(=O)c2cccc(F)c2)C1CCl. The molecule has 4 heteroatoms. The number of nitrogens with zero attached hydrogens (tertiary/aromatic N) is 1. The van der Waals surface area contributed by atoms with Gasteiger partial charge >= 0.3 is 0 Å². The predicted octanol–water partition coefficient (Wildman–Crippen LogP) is 2.92. The highest BCUT2D eigenvalue weighted by Gasteiger charge is 2.34. The lowest BCUT2D eigenvalue weighted by molar-refractivity contribution is 0.0736. The molecule has 2 atom stereocenters. The Hall–Kier alpha value is -1.09. The van der Waals surface area contributed by atoms with Gasteiger partial charge in [-0.3, -0.25) is 4.79 Å². The van der Waals surface area contributed by atoms with E-state index in [4.69, 9.17) is 11.6 Å². The summed E-state index contributed by atoms with van der Waals surface area (Å²) in [5.41, 5.74) is 0.397. The smallest absolute Gasteiger partial charge is 0.254 e. The molecule has 1 aromatic carbocycles. The van der Waals surface area contributed by atoms with Crippen LogP contribution in [0.3, 0.4) is 0 Å². The number of carbonyl (C=O) groups is 1. The first kappa shape index (κ1) is 12.4. The molecule has 17 heavy (non-hydrogen) atoms. The van der Waals surface area contributed by atoms with E-state index in [9.17, 15) is 9.18 Å². The van der Waals surface area contributed by atoms with Gasteiger partial charge in [0.15, 0.2) is 0 Å². The van der Waals surface area contributed by atoms with E-state index in [1.165, 1.54) is 12.1 Å². The number of rotatable bonds is 2. The molecular formula is C13H15ClFNO. The molecule has 1 saturated heterocycles. The average molecular weight is 256 g/mol. The van der Waals surface area contributed by atoms with E-state index in [2.05, 4.69) is 6.92 Å². The highest BCUT2D eigenvalue weighted by Crippen LogP contribution is 2.26. The molecule has 1 aliphatic rings. The fraction of sp³-hybridized carbons (Fsp3) is 0.462. The average Bonchev–Trinajstić information content (AvgIpc) is 2.69. The van der Waals surface area contributed by atoms with Crippen LogP contribution < -0.4 is 0 Å². The van der Waals surface area contributed by atoms with Crippen molar-refractivity contribution < 1.29 is 9.18 Å². The van der Waals surface area contributed by atoms with Crippen LogP contribution in [0.15, 0.2) is 24.3 Å². The Bertz CT molecular complexity index is 424. The van der Waals surface area contributed by atoms with E-state index in [0.29, 0.717) is 23.9 Å². The molecule has 0 aliphatic carbocycles. The molecule has 2 nitrogen and oxygen atoms in total. The van der Waals surface area contributed by atoms with Crippen LogP contribution in [-0.4, -0.2) is 29.3 Å². The largest absolute Gasteiger partial charge is 0.334 e. The Morgan fingerprint density at radius 3 is 3.00 bits per heavy atom. The van der Waals surface area contributed by atoms with Crippen LogP contribution in [0.5, 0.6) is 0 Å². The summed E-state index contributed by atoms with van der Waals surface area (Å²) in [6.45, 7) is 2.79. The van der Waals surface area contributed by atoms with Gasteiger partial charge in [0.25, 0.3) is 5.91 Å². The Labute approximate surface area is 105 Å². The van der Waals surface area contributed by atoms with Crippen molar-refractivity contribution in [2.24, 2.45) is 5.92 Å². The van der Waals surface area contributed by atoms with Crippen molar-refractivity contribution in [1.29, 1.82) is 0 Å². The van der Waals surface area contributed by atoms with Gasteiger partial charge in [0, 0.05) is 24.0 Å². The Morgan fingerprint density at radius 1 is 1.59 bits per heavy atom. The van der Waals surface area contributed by atoms with E-state index in [1.54, 1.807) is 17.0 Å². The van der Waals surface area contributed by atoms with Crippen molar-refractivity contribution in [3.8, 4) is 0 Å². The van der Waals surface area contributed by atoms with Crippen LogP contribution in [0, 0.1) is 11.7 Å². The zero-order valence-corrected chi connectivity index (χ0v) is 10.5. The van der Waals surface area contributed by atoms with Crippen LogP contribution in [-0.2, 0) is 0 Å². The fourth-order valence-electron chi connectivity index (χ4n) is 2.28.